The number of likely N-dealkylation sites (tertiary alicyclic amines) is 1. The fourth-order valence-electron chi connectivity index (χ4n) is 4.41. The first kappa shape index (κ1) is 30.2. The Morgan fingerprint density at radius 1 is 0.905 bits per heavy atom. The van der Waals surface area contributed by atoms with Gasteiger partial charge in [0.25, 0.3) is 5.91 Å². The molecule has 1 fully saturated rings. The molecule has 1 aliphatic heterocycles. The predicted octanol–water partition coefficient (Wildman–Crippen LogP) is 6.18. The standard InChI is InChI=1S/C31H32F2N4O5/c1-18(37-15-5-6-27(37)38)28(39)34-22-13-9-20(10-14-22)29(40)35-25-16-23(19-7-11-21(32)12-8-19)24(33)17-26(25)36-30(41)42-31(2,3)4/h7-14,16-18H,5-6,15H2,1-4H3,(H,34,39)(H,35,40)(H,36,41). The summed E-state index contributed by atoms with van der Waals surface area (Å²) in [6.07, 6.45) is 0.293. The van der Waals surface area contributed by atoms with Gasteiger partial charge in [-0.1, -0.05) is 12.1 Å². The van der Waals surface area contributed by atoms with Gasteiger partial charge in [0.2, 0.25) is 11.8 Å². The first-order valence-corrected chi connectivity index (χ1v) is 13.4. The van der Waals surface area contributed by atoms with Crippen molar-refractivity contribution < 1.29 is 32.7 Å². The largest absolute Gasteiger partial charge is 0.444 e. The van der Waals surface area contributed by atoms with E-state index in [-0.39, 0.29) is 34.3 Å². The molecular formula is C31H32F2N4O5. The number of hydrogen-bond donors (Lipinski definition) is 3. The number of nitrogens with zero attached hydrogens (tertiary/aromatic N) is 1. The minimum Gasteiger partial charge on any atom is -0.444 e. The van der Waals surface area contributed by atoms with E-state index in [9.17, 15) is 23.6 Å². The first-order valence-electron chi connectivity index (χ1n) is 13.4. The molecule has 0 bridgehead atoms. The van der Waals surface area contributed by atoms with Crippen LogP contribution in [0.15, 0.2) is 60.7 Å². The van der Waals surface area contributed by atoms with Gasteiger partial charge in [-0.3, -0.25) is 19.7 Å². The molecule has 42 heavy (non-hydrogen) atoms. The molecule has 1 atom stereocenters. The van der Waals surface area contributed by atoms with Crippen LogP contribution in [-0.2, 0) is 14.3 Å². The molecular weight excluding hydrogens is 546 g/mol. The predicted molar refractivity (Wildman–Crippen MR) is 155 cm³/mol. The molecule has 220 valence electrons. The zero-order valence-corrected chi connectivity index (χ0v) is 23.7. The van der Waals surface area contributed by atoms with Gasteiger partial charge in [0.15, 0.2) is 0 Å². The van der Waals surface area contributed by atoms with Crippen molar-refractivity contribution in [3.05, 3.63) is 77.9 Å². The highest BCUT2D eigenvalue weighted by Crippen LogP contribution is 2.33. The van der Waals surface area contributed by atoms with E-state index in [0.717, 1.165) is 6.07 Å². The highest BCUT2D eigenvalue weighted by atomic mass is 19.1. The molecule has 0 aromatic heterocycles. The Bertz CT molecular complexity index is 1500. The van der Waals surface area contributed by atoms with Crippen LogP contribution >= 0.6 is 0 Å². The van der Waals surface area contributed by atoms with Gasteiger partial charge in [-0.25, -0.2) is 13.6 Å². The van der Waals surface area contributed by atoms with Gasteiger partial charge in [-0.2, -0.15) is 0 Å². The SMILES string of the molecule is CC(C(=O)Nc1ccc(C(=O)Nc2cc(-c3ccc(F)cc3)c(F)cc2NC(=O)OC(C)(C)C)cc1)N1CCCC1=O. The second-order valence-corrected chi connectivity index (χ2v) is 10.9. The van der Waals surface area contributed by atoms with Gasteiger partial charge in [0, 0.05) is 35.8 Å². The Morgan fingerprint density at radius 2 is 1.55 bits per heavy atom. The van der Waals surface area contributed by atoms with Crippen molar-refractivity contribution in [2.24, 2.45) is 0 Å². The Hall–Kier alpha value is -4.80. The van der Waals surface area contributed by atoms with E-state index in [0.29, 0.717) is 30.6 Å². The summed E-state index contributed by atoms with van der Waals surface area (Å²) in [4.78, 5) is 51.7. The van der Waals surface area contributed by atoms with E-state index < -0.39 is 35.3 Å². The number of ether oxygens (including phenoxy) is 1. The average Bonchev–Trinajstić information content (AvgIpc) is 3.35. The fraction of sp³-hybridized carbons (Fsp3) is 0.290. The number of nitrogens with one attached hydrogen (secondary N) is 3. The second kappa shape index (κ2) is 12.4. The lowest BCUT2D eigenvalue weighted by atomic mass is 10.0. The molecule has 0 saturated carbocycles. The van der Waals surface area contributed by atoms with Crippen molar-refractivity contribution in [1.82, 2.24) is 4.90 Å². The van der Waals surface area contributed by atoms with Crippen molar-refractivity contribution >= 4 is 40.9 Å². The van der Waals surface area contributed by atoms with Crippen LogP contribution in [0.25, 0.3) is 11.1 Å². The lowest BCUT2D eigenvalue weighted by molar-refractivity contribution is -0.134. The number of carbonyl (C=O) groups is 4. The van der Waals surface area contributed by atoms with E-state index in [2.05, 4.69) is 16.0 Å². The molecule has 3 aromatic carbocycles. The number of halogens is 2. The molecule has 4 rings (SSSR count). The third-order valence-electron chi connectivity index (χ3n) is 6.52. The molecule has 0 spiro atoms. The van der Waals surface area contributed by atoms with Gasteiger partial charge in [0.1, 0.15) is 23.3 Å². The van der Waals surface area contributed by atoms with Crippen molar-refractivity contribution in [3.8, 4) is 11.1 Å². The number of carbonyl (C=O) groups excluding carboxylic acids is 4. The molecule has 0 aliphatic carbocycles. The van der Waals surface area contributed by atoms with Crippen LogP contribution in [0.1, 0.15) is 50.9 Å². The van der Waals surface area contributed by atoms with Crippen LogP contribution in [0.5, 0.6) is 0 Å². The Balaban J connectivity index is 1.54. The van der Waals surface area contributed by atoms with Crippen LogP contribution < -0.4 is 16.0 Å². The van der Waals surface area contributed by atoms with E-state index in [1.165, 1.54) is 47.4 Å². The minimum absolute atomic E-state index is 0.0460. The van der Waals surface area contributed by atoms with Gasteiger partial charge >= 0.3 is 6.09 Å². The number of amides is 4. The Morgan fingerprint density at radius 3 is 2.14 bits per heavy atom. The fourth-order valence-corrected chi connectivity index (χ4v) is 4.41. The number of hydrogen-bond acceptors (Lipinski definition) is 5. The molecule has 3 aromatic rings. The normalized spacial score (nSPS) is 13.9. The highest BCUT2D eigenvalue weighted by molar-refractivity contribution is 6.08. The van der Waals surface area contributed by atoms with E-state index >= 15 is 4.39 Å². The average molecular weight is 579 g/mol. The van der Waals surface area contributed by atoms with Crippen molar-refractivity contribution in [2.75, 3.05) is 22.5 Å². The lowest BCUT2D eigenvalue weighted by Crippen LogP contribution is -2.42. The summed E-state index contributed by atoms with van der Waals surface area (Å²) < 4.78 is 33.9. The molecule has 1 aliphatic rings. The summed E-state index contributed by atoms with van der Waals surface area (Å²) in [7, 11) is 0. The monoisotopic (exact) mass is 578 g/mol. The lowest BCUT2D eigenvalue weighted by Gasteiger charge is -2.23. The number of benzene rings is 3. The Kier molecular flexibility index (Phi) is 8.89. The van der Waals surface area contributed by atoms with E-state index in [1.54, 1.807) is 39.8 Å². The molecule has 0 radical (unpaired) electrons. The summed E-state index contributed by atoms with van der Waals surface area (Å²) in [5.74, 6) is -2.19. The van der Waals surface area contributed by atoms with Crippen molar-refractivity contribution in [2.45, 2.75) is 52.2 Å². The summed E-state index contributed by atoms with van der Waals surface area (Å²) >= 11 is 0. The third-order valence-corrected chi connectivity index (χ3v) is 6.52. The number of rotatable bonds is 7. The minimum atomic E-state index is -0.850. The maximum atomic E-state index is 15.1. The maximum absolute atomic E-state index is 15.1. The molecule has 1 heterocycles. The zero-order valence-electron chi connectivity index (χ0n) is 23.7. The molecule has 11 heteroatoms. The van der Waals surface area contributed by atoms with E-state index in [4.69, 9.17) is 4.74 Å². The molecule has 4 amide bonds. The first-order chi connectivity index (χ1) is 19.8. The van der Waals surface area contributed by atoms with Crippen molar-refractivity contribution in [3.63, 3.8) is 0 Å². The summed E-state index contributed by atoms with van der Waals surface area (Å²) in [6.45, 7) is 7.21. The third kappa shape index (κ3) is 7.48. The maximum Gasteiger partial charge on any atom is 0.412 e. The second-order valence-electron chi connectivity index (χ2n) is 10.9. The van der Waals surface area contributed by atoms with Crippen LogP contribution in [0.4, 0.5) is 30.6 Å². The smallest absolute Gasteiger partial charge is 0.412 e. The van der Waals surface area contributed by atoms with Crippen molar-refractivity contribution in [1.29, 1.82) is 0 Å². The van der Waals surface area contributed by atoms with Gasteiger partial charge in [-0.15, -0.1) is 0 Å². The number of anilines is 3. The molecule has 1 saturated heterocycles. The molecule has 3 N–H and O–H groups in total. The van der Waals surface area contributed by atoms with Gasteiger partial charge in [0.05, 0.1) is 11.4 Å². The quantitative estimate of drug-likeness (QED) is 0.310. The molecule has 1 unspecified atom stereocenters. The summed E-state index contributed by atoms with van der Waals surface area (Å²) in [6, 6.07) is 13.0. The topological polar surface area (TPSA) is 117 Å². The summed E-state index contributed by atoms with van der Waals surface area (Å²) in [5.41, 5.74) is 0.290. The highest BCUT2D eigenvalue weighted by Gasteiger charge is 2.29. The zero-order chi connectivity index (χ0) is 30.6. The molecule has 9 nitrogen and oxygen atoms in total. The van der Waals surface area contributed by atoms with Crippen LogP contribution in [0, 0.1) is 11.6 Å². The van der Waals surface area contributed by atoms with Crippen LogP contribution in [0.2, 0.25) is 0 Å². The van der Waals surface area contributed by atoms with E-state index in [1.807, 2.05) is 0 Å². The Labute approximate surface area is 242 Å². The van der Waals surface area contributed by atoms with Crippen LogP contribution in [0.3, 0.4) is 0 Å². The van der Waals surface area contributed by atoms with Crippen LogP contribution in [-0.4, -0.2) is 46.9 Å². The summed E-state index contributed by atoms with van der Waals surface area (Å²) in [5, 5.41) is 7.90. The van der Waals surface area contributed by atoms with Gasteiger partial charge < -0.3 is 20.3 Å². The van der Waals surface area contributed by atoms with Gasteiger partial charge in [-0.05, 0) is 82.1 Å².